The van der Waals surface area contributed by atoms with Gasteiger partial charge < -0.3 is 0 Å². The first-order valence-corrected chi connectivity index (χ1v) is 6.94. The Morgan fingerprint density at radius 2 is 1.39 bits per heavy atom. The van der Waals surface area contributed by atoms with Crippen LogP contribution in [-0.2, 0) is 0 Å². The fraction of sp³-hybridized carbons (Fsp3) is 0.667. The summed E-state index contributed by atoms with van der Waals surface area (Å²) in [4.78, 5) is 4.13. The molecule has 0 saturated carbocycles. The van der Waals surface area contributed by atoms with Crippen molar-refractivity contribution in [3.63, 3.8) is 0 Å². The number of unbranched alkanes of at least 4 members (excludes halogenated alkanes) is 2. The molecule has 0 radical (unpaired) electrons. The van der Waals surface area contributed by atoms with Gasteiger partial charge in [-0.1, -0.05) is 45.6 Å². The van der Waals surface area contributed by atoms with E-state index in [9.17, 15) is 8.78 Å². The van der Waals surface area contributed by atoms with Crippen LogP contribution >= 0.6 is 0 Å². The Labute approximate surface area is 109 Å². The molecular weight excluding hydrogens is 232 g/mol. The molecule has 2 atom stereocenters. The summed E-state index contributed by atoms with van der Waals surface area (Å²) in [6, 6.07) is 5.00. The number of alkyl halides is 2. The van der Waals surface area contributed by atoms with E-state index in [1.165, 1.54) is 0 Å². The van der Waals surface area contributed by atoms with Gasteiger partial charge in [-0.05, 0) is 25.0 Å². The topological polar surface area (TPSA) is 12.9 Å². The Bertz CT molecular complexity index is 312. The number of hydrogen-bond donors (Lipinski definition) is 0. The highest BCUT2D eigenvalue weighted by atomic mass is 19.1. The van der Waals surface area contributed by atoms with Crippen LogP contribution in [0.1, 0.15) is 76.1 Å². The number of nitrogens with zero attached hydrogens (tertiary/aromatic N) is 1. The maximum absolute atomic E-state index is 13.8. The van der Waals surface area contributed by atoms with Crippen molar-refractivity contribution in [3.8, 4) is 0 Å². The zero-order valence-electron chi connectivity index (χ0n) is 11.3. The second-order valence-electron chi connectivity index (χ2n) is 4.71. The van der Waals surface area contributed by atoms with Crippen LogP contribution in [0.4, 0.5) is 8.78 Å². The molecule has 0 aromatic carbocycles. The SMILES string of the molecule is CCCCC(F)c1cccc(C(F)CCCC)n1. The quantitative estimate of drug-likeness (QED) is 0.599. The second-order valence-corrected chi connectivity index (χ2v) is 4.71. The third-order valence-electron chi connectivity index (χ3n) is 3.06. The zero-order valence-corrected chi connectivity index (χ0v) is 11.3. The molecule has 0 fully saturated rings. The van der Waals surface area contributed by atoms with Gasteiger partial charge in [0.1, 0.15) is 12.3 Å². The summed E-state index contributed by atoms with van der Waals surface area (Å²) in [7, 11) is 0. The molecule has 0 spiro atoms. The Balaban J connectivity index is 2.66. The van der Waals surface area contributed by atoms with Crippen molar-refractivity contribution >= 4 is 0 Å². The fourth-order valence-corrected chi connectivity index (χ4v) is 1.88. The summed E-state index contributed by atoms with van der Waals surface area (Å²) < 4.78 is 27.7. The van der Waals surface area contributed by atoms with Crippen LogP contribution in [0.2, 0.25) is 0 Å². The van der Waals surface area contributed by atoms with Crippen molar-refractivity contribution in [2.75, 3.05) is 0 Å². The van der Waals surface area contributed by atoms with Crippen molar-refractivity contribution in [2.45, 2.75) is 64.7 Å². The minimum atomic E-state index is -1.07. The van der Waals surface area contributed by atoms with Gasteiger partial charge in [-0.25, -0.2) is 8.78 Å². The van der Waals surface area contributed by atoms with Crippen molar-refractivity contribution in [1.29, 1.82) is 0 Å². The third-order valence-corrected chi connectivity index (χ3v) is 3.06. The molecule has 102 valence electrons. The minimum absolute atomic E-state index is 0.375. The van der Waals surface area contributed by atoms with Crippen LogP contribution in [0.3, 0.4) is 0 Å². The van der Waals surface area contributed by atoms with Gasteiger partial charge in [-0.15, -0.1) is 0 Å². The van der Waals surface area contributed by atoms with Gasteiger partial charge in [0, 0.05) is 0 Å². The maximum Gasteiger partial charge on any atom is 0.142 e. The van der Waals surface area contributed by atoms with E-state index in [1.54, 1.807) is 18.2 Å². The van der Waals surface area contributed by atoms with Crippen LogP contribution in [0.5, 0.6) is 0 Å². The largest absolute Gasteiger partial charge is 0.252 e. The van der Waals surface area contributed by atoms with Gasteiger partial charge in [0.2, 0.25) is 0 Å². The Hall–Kier alpha value is -0.990. The smallest absolute Gasteiger partial charge is 0.142 e. The van der Waals surface area contributed by atoms with Gasteiger partial charge in [-0.2, -0.15) is 0 Å². The Morgan fingerprint density at radius 1 is 0.944 bits per heavy atom. The molecular formula is C15H23F2N. The van der Waals surface area contributed by atoms with E-state index in [1.807, 2.05) is 13.8 Å². The van der Waals surface area contributed by atoms with E-state index < -0.39 is 12.3 Å². The fourth-order valence-electron chi connectivity index (χ4n) is 1.88. The lowest BCUT2D eigenvalue weighted by Crippen LogP contribution is -2.01. The predicted molar refractivity (Wildman–Crippen MR) is 71.0 cm³/mol. The van der Waals surface area contributed by atoms with Crippen molar-refractivity contribution in [2.24, 2.45) is 0 Å². The standard InChI is InChI=1S/C15H23F2N/c1-3-5-8-12(16)14-10-7-11-15(18-14)13(17)9-6-4-2/h7,10-13H,3-6,8-9H2,1-2H3. The lowest BCUT2D eigenvalue weighted by Gasteiger charge is -2.11. The molecule has 0 aliphatic heterocycles. The van der Waals surface area contributed by atoms with Crippen LogP contribution in [0.15, 0.2) is 18.2 Å². The summed E-state index contributed by atoms with van der Waals surface area (Å²) in [5, 5.41) is 0. The van der Waals surface area contributed by atoms with Gasteiger partial charge >= 0.3 is 0 Å². The predicted octanol–water partition coefficient (Wildman–Crippen LogP) is 5.48. The molecule has 0 bridgehead atoms. The molecule has 1 aromatic heterocycles. The molecule has 0 aliphatic carbocycles. The molecule has 0 N–H and O–H groups in total. The lowest BCUT2D eigenvalue weighted by molar-refractivity contribution is 0.293. The van der Waals surface area contributed by atoms with Crippen LogP contribution in [0.25, 0.3) is 0 Å². The molecule has 1 aromatic rings. The van der Waals surface area contributed by atoms with Gasteiger partial charge in [-0.3, -0.25) is 4.98 Å². The minimum Gasteiger partial charge on any atom is -0.252 e. The summed E-state index contributed by atoms with van der Waals surface area (Å²) >= 11 is 0. The van der Waals surface area contributed by atoms with E-state index in [2.05, 4.69) is 4.98 Å². The van der Waals surface area contributed by atoms with Crippen molar-refractivity contribution in [1.82, 2.24) is 4.98 Å². The lowest BCUT2D eigenvalue weighted by atomic mass is 10.1. The molecule has 2 unspecified atom stereocenters. The monoisotopic (exact) mass is 255 g/mol. The summed E-state index contributed by atoms with van der Waals surface area (Å²) in [6.07, 6.45) is 2.40. The number of pyridine rings is 1. The Kier molecular flexibility index (Phi) is 6.84. The van der Waals surface area contributed by atoms with Crippen molar-refractivity contribution in [3.05, 3.63) is 29.6 Å². The highest BCUT2D eigenvalue weighted by Gasteiger charge is 2.15. The van der Waals surface area contributed by atoms with Gasteiger partial charge in [0.05, 0.1) is 11.4 Å². The maximum atomic E-state index is 13.8. The summed E-state index contributed by atoms with van der Waals surface area (Å²) in [6.45, 7) is 4.05. The molecule has 0 aliphatic rings. The molecule has 1 heterocycles. The third kappa shape index (κ3) is 4.71. The van der Waals surface area contributed by atoms with Crippen molar-refractivity contribution < 1.29 is 8.78 Å². The zero-order chi connectivity index (χ0) is 13.4. The molecule has 0 amide bonds. The van der Waals surface area contributed by atoms with Crippen LogP contribution in [-0.4, -0.2) is 4.98 Å². The van der Waals surface area contributed by atoms with Gasteiger partial charge in [0.25, 0.3) is 0 Å². The normalized spacial score (nSPS) is 14.4. The average molecular weight is 255 g/mol. The first-order chi connectivity index (χ1) is 8.69. The molecule has 18 heavy (non-hydrogen) atoms. The molecule has 3 heteroatoms. The van der Waals surface area contributed by atoms with Crippen LogP contribution < -0.4 is 0 Å². The summed E-state index contributed by atoms with van der Waals surface area (Å²) in [5.41, 5.74) is 0.750. The number of rotatable bonds is 8. The molecule has 1 nitrogen and oxygen atoms in total. The summed E-state index contributed by atoms with van der Waals surface area (Å²) in [5.74, 6) is 0. The number of hydrogen-bond acceptors (Lipinski definition) is 1. The first-order valence-electron chi connectivity index (χ1n) is 6.94. The number of aromatic nitrogens is 1. The van der Waals surface area contributed by atoms with E-state index in [-0.39, 0.29) is 0 Å². The highest BCUT2D eigenvalue weighted by molar-refractivity contribution is 5.15. The van der Waals surface area contributed by atoms with E-state index >= 15 is 0 Å². The van der Waals surface area contributed by atoms with Crippen LogP contribution in [0, 0.1) is 0 Å². The van der Waals surface area contributed by atoms with E-state index in [0.717, 1.165) is 25.7 Å². The molecule has 1 rings (SSSR count). The van der Waals surface area contributed by atoms with E-state index in [4.69, 9.17) is 0 Å². The van der Waals surface area contributed by atoms with E-state index in [0.29, 0.717) is 24.2 Å². The first kappa shape index (κ1) is 15.1. The highest BCUT2D eigenvalue weighted by Crippen LogP contribution is 2.26. The number of halogens is 2. The average Bonchev–Trinajstić information content (AvgIpc) is 2.42. The second kappa shape index (κ2) is 8.17. The van der Waals surface area contributed by atoms with Gasteiger partial charge in [0.15, 0.2) is 0 Å². The Morgan fingerprint density at radius 3 is 1.78 bits per heavy atom. The molecule has 0 saturated heterocycles.